The molecule has 2 amide bonds. The molecule has 1 aliphatic heterocycles. The lowest BCUT2D eigenvalue weighted by Gasteiger charge is -2.35. The van der Waals surface area contributed by atoms with Gasteiger partial charge in [-0.05, 0) is 50.6 Å². The fourth-order valence-electron chi connectivity index (χ4n) is 4.66. The van der Waals surface area contributed by atoms with E-state index in [4.69, 9.17) is 32.7 Å². The van der Waals surface area contributed by atoms with Crippen molar-refractivity contribution in [2.75, 3.05) is 30.3 Å². The fraction of sp³-hybridized carbons (Fsp3) is 0.355. The van der Waals surface area contributed by atoms with E-state index in [0.29, 0.717) is 40.3 Å². The predicted molar refractivity (Wildman–Crippen MR) is 168 cm³/mol. The van der Waals surface area contributed by atoms with Gasteiger partial charge in [0.1, 0.15) is 25.8 Å². The molecule has 1 atom stereocenters. The first-order valence-corrected chi connectivity index (χ1v) is 16.3. The molecule has 0 saturated heterocycles. The summed E-state index contributed by atoms with van der Waals surface area (Å²) >= 11 is 13.0. The van der Waals surface area contributed by atoms with Gasteiger partial charge in [0.25, 0.3) is 0 Å². The lowest BCUT2D eigenvalue weighted by molar-refractivity contribution is -0.140. The van der Waals surface area contributed by atoms with Crippen LogP contribution in [0, 0.1) is 0 Å². The number of hydrogen-bond acceptors (Lipinski definition) is 6. The molecule has 3 aromatic rings. The molecule has 1 heterocycles. The lowest BCUT2D eigenvalue weighted by atomic mass is 10.0. The van der Waals surface area contributed by atoms with Gasteiger partial charge in [0, 0.05) is 40.2 Å². The van der Waals surface area contributed by atoms with Gasteiger partial charge in [0.2, 0.25) is 21.8 Å². The van der Waals surface area contributed by atoms with E-state index in [2.05, 4.69) is 5.32 Å². The van der Waals surface area contributed by atoms with Gasteiger partial charge < -0.3 is 19.7 Å². The van der Waals surface area contributed by atoms with Gasteiger partial charge in [-0.15, -0.1) is 0 Å². The second-order valence-corrected chi connectivity index (χ2v) is 14.0. The summed E-state index contributed by atoms with van der Waals surface area (Å²) in [6.45, 7) is 5.49. The average molecular weight is 649 g/mol. The van der Waals surface area contributed by atoms with Crippen LogP contribution in [0.3, 0.4) is 0 Å². The summed E-state index contributed by atoms with van der Waals surface area (Å²) in [7, 11) is -3.96. The Hall–Kier alpha value is -3.47. The number of fused-ring (bicyclic) bond motifs is 1. The molecule has 0 spiro atoms. The van der Waals surface area contributed by atoms with Crippen molar-refractivity contribution in [1.82, 2.24) is 10.2 Å². The van der Waals surface area contributed by atoms with Crippen LogP contribution >= 0.6 is 23.2 Å². The van der Waals surface area contributed by atoms with Crippen molar-refractivity contribution < 1.29 is 27.5 Å². The van der Waals surface area contributed by atoms with E-state index in [1.165, 1.54) is 11.0 Å². The fourth-order valence-corrected chi connectivity index (χ4v) is 6.02. The normalized spacial score (nSPS) is 13.6. The number of amides is 2. The van der Waals surface area contributed by atoms with Crippen LogP contribution < -0.4 is 19.1 Å². The maximum atomic E-state index is 14.3. The second kappa shape index (κ2) is 13.4. The number of nitrogens with zero attached hydrogens (tertiary/aromatic N) is 2. The largest absolute Gasteiger partial charge is 0.486 e. The Morgan fingerprint density at radius 1 is 0.930 bits per heavy atom. The zero-order valence-corrected chi connectivity index (χ0v) is 26.8. The van der Waals surface area contributed by atoms with E-state index in [-0.39, 0.29) is 18.7 Å². The van der Waals surface area contributed by atoms with Crippen LogP contribution in [0.15, 0.2) is 66.7 Å². The molecule has 1 aliphatic rings. The van der Waals surface area contributed by atoms with E-state index in [9.17, 15) is 18.0 Å². The number of nitrogens with one attached hydrogen (secondary N) is 1. The van der Waals surface area contributed by atoms with Crippen LogP contribution in [0.25, 0.3) is 0 Å². The van der Waals surface area contributed by atoms with E-state index >= 15 is 0 Å². The van der Waals surface area contributed by atoms with E-state index in [0.717, 1.165) is 16.1 Å². The molecule has 0 aromatic heterocycles. The highest BCUT2D eigenvalue weighted by molar-refractivity contribution is 7.92. The highest BCUT2D eigenvalue weighted by Crippen LogP contribution is 2.35. The minimum absolute atomic E-state index is 0.134. The summed E-state index contributed by atoms with van der Waals surface area (Å²) in [5.41, 5.74) is 0.860. The van der Waals surface area contributed by atoms with Crippen molar-refractivity contribution in [3.05, 3.63) is 87.9 Å². The number of hydrogen-bond donors (Lipinski definition) is 1. The summed E-state index contributed by atoms with van der Waals surface area (Å²) in [6.07, 6.45) is 1.18. The molecule has 4 rings (SSSR count). The van der Waals surface area contributed by atoms with Crippen LogP contribution in [-0.2, 0) is 32.6 Å². The van der Waals surface area contributed by atoms with Crippen LogP contribution in [0.2, 0.25) is 10.0 Å². The highest BCUT2D eigenvalue weighted by atomic mass is 35.5. The number of anilines is 1. The molecule has 0 fully saturated rings. The minimum Gasteiger partial charge on any atom is -0.486 e. The predicted octanol–water partition coefficient (Wildman–Crippen LogP) is 5.09. The van der Waals surface area contributed by atoms with Gasteiger partial charge in [-0.25, -0.2) is 8.42 Å². The SMILES string of the molecule is CC(C)(C)NC(=O)[C@@H](Cc1ccccc1)N(Cc1c(Cl)cccc1Cl)C(=O)CN(c1ccc2c(c1)OCCO2)S(C)(=O)=O. The Bertz CT molecular complexity index is 1560. The summed E-state index contributed by atoms with van der Waals surface area (Å²) in [4.78, 5) is 29.5. The first-order chi connectivity index (χ1) is 20.2. The Labute approximate surface area is 262 Å². The molecule has 9 nitrogen and oxygen atoms in total. The summed E-state index contributed by atoms with van der Waals surface area (Å²) < 4.78 is 38.3. The molecule has 0 bridgehead atoms. The number of sulfonamides is 1. The number of carbonyl (C=O) groups excluding carboxylic acids is 2. The molecule has 0 saturated carbocycles. The topological polar surface area (TPSA) is 105 Å². The Morgan fingerprint density at radius 3 is 2.16 bits per heavy atom. The molecule has 1 N–H and O–H groups in total. The molecule has 43 heavy (non-hydrogen) atoms. The minimum atomic E-state index is -3.96. The quantitative estimate of drug-likeness (QED) is 0.329. The number of carbonyl (C=O) groups is 2. The molecule has 0 radical (unpaired) electrons. The molecule has 12 heteroatoms. The van der Waals surface area contributed by atoms with Crippen molar-refractivity contribution in [2.45, 2.75) is 45.3 Å². The van der Waals surface area contributed by atoms with E-state index < -0.39 is 40.0 Å². The van der Waals surface area contributed by atoms with Crippen LogP contribution in [0.1, 0.15) is 31.9 Å². The van der Waals surface area contributed by atoms with Gasteiger partial charge in [-0.1, -0.05) is 59.6 Å². The third-order valence-corrected chi connectivity index (χ3v) is 8.50. The van der Waals surface area contributed by atoms with E-state index in [1.807, 2.05) is 51.1 Å². The van der Waals surface area contributed by atoms with Crippen molar-refractivity contribution in [1.29, 1.82) is 0 Å². The second-order valence-electron chi connectivity index (χ2n) is 11.3. The lowest BCUT2D eigenvalue weighted by Crippen LogP contribution is -2.56. The Balaban J connectivity index is 1.78. The highest BCUT2D eigenvalue weighted by Gasteiger charge is 2.35. The van der Waals surface area contributed by atoms with Crippen molar-refractivity contribution >= 4 is 50.7 Å². The molecular formula is C31H35Cl2N3O6S. The molecular weight excluding hydrogens is 613 g/mol. The molecule has 3 aromatic carbocycles. The maximum absolute atomic E-state index is 14.3. The Morgan fingerprint density at radius 2 is 1.56 bits per heavy atom. The van der Waals surface area contributed by atoms with Gasteiger partial charge >= 0.3 is 0 Å². The first-order valence-electron chi connectivity index (χ1n) is 13.7. The number of benzene rings is 3. The zero-order valence-electron chi connectivity index (χ0n) is 24.5. The maximum Gasteiger partial charge on any atom is 0.244 e. The number of rotatable bonds is 10. The van der Waals surface area contributed by atoms with Crippen LogP contribution in [0.5, 0.6) is 11.5 Å². The van der Waals surface area contributed by atoms with Gasteiger partial charge in [-0.3, -0.25) is 13.9 Å². The number of halogens is 2. The molecule has 0 unspecified atom stereocenters. The monoisotopic (exact) mass is 647 g/mol. The Kier molecular flexibility index (Phi) is 10.1. The molecule has 0 aliphatic carbocycles. The smallest absolute Gasteiger partial charge is 0.244 e. The van der Waals surface area contributed by atoms with Crippen molar-refractivity contribution in [3.8, 4) is 11.5 Å². The van der Waals surface area contributed by atoms with Crippen molar-refractivity contribution in [2.24, 2.45) is 0 Å². The summed E-state index contributed by atoms with van der Waals surface area (Å²) in [5.74, 6) is -0.179. The third kappa shape index (κ3) is 8.55. The van der Waals surface area contributed by atoms with Crippen LogP contribution in [-0.4, -0.2) is 62.7 Å². The first kappa shape index (κ1) is 32.4. The van der Waals surface area contributed by atoms with E-state index in [1.54, 1.807) is 30.3 Å². The molecule has 230 valence electrons. The number of ether oxygens (including phenoxy) is 2. The zero-order chi connectivity index (χ0) is 31.4. The average Bonchev–Trinajstić information content (AvgIpc) is 2.93. The standard InChI is InChI=1S/C31H35Cl2N3O6S/c1-31(2,3)34-30(38)26(17-21-9-6-5-7-10-21)35(19-23-24(32)11-8-12-25(23)33)29(37)20-36(43(4,39)40)22-13-14-27-28(18-22)42-16-15-41-27/h5-14,18,26H,15-17,19-20H2,1-4H3,(H,34,38)/t26-/m1/s1. The van der Waals surface area contributed by atoms with Gasteiger partial charge in [-0.2, -0.15) is 0 Å². The third-order valence-electron chi connectivity index (χ3n) is 6.65. The summed E-state index contributed by atoms with van der Waals surface area (Å²) in [6, 6.07) is 17.9. The van der Waals surface area contributed by atoms with Gasteiger partial charge in [0.15, 0.2) is 11.5 Å². The van der Waals surface area contributed by atoms with Gasteiger partial charge in [0.05, 0.1) is 11.9 Å². The summed E-state index contributed by atoms with van der Waals surface area (Å²) in [5, 5.41) is 3.60. The van der Waals surface area contributed by atoms with Crippen LogP contribution in [0.4, 0.5) is 5.69 Å². The van der Waals surface area contributed by atoms with Crippen molar-refractivity contribution in [3.63, 3.8) is 0 Å².